The lowest BCUT2D eigenvalue weighted by Gasteiger charge is -2.08. The van der Waals surface area contributed by atoms with Gasteiger partial charge >= 0.3 is 5.97 Å². The zero-order chi connectivity index (χ0) is 18.5. The molecule has 4 heteroatoms. The first-order chi connectivity index (χ1) is 12.5. The molecule has 0 aromatic heterocycles. The summed E-state index contributed by atoms with van der Waals surface area (Å²) in [6.45, 7) is 4.33. The highest BCUT2D eigenvalue weighted by atomic mass is 35.5. The van der Waals surface area contributed by atoms with Gasteiger partial charge < -0.3 is 9.47 Å². The molecule has 0 unspecified atom stereocenters. The molecule has 0 aliphatic heterocycles. The molecule has 0 saturated carbocycles. The van der Waals surface area contributed by atoms with Crippen LogP contribution in [-0.4, -0.2) is 5.97 Å². The van der Waals surface area contributed by atoms with Gasteiger partial charge in [0.15, 0.2) is 0 Å². The summed E-state index contributed by atoms with van der Waals surface area (Å²) in [6.07, 6.45) is 0. The molecule has 26 heavy (non-hydrogen) atoms. The minimum absolute atomic E-state index is 0.405. The summed E-state index contributed by atoms with van der Waals surface area (Å²) in [7, 11) is 0. The number of aryl methyl sites for hydroxylation is 2. The third kappa shape index (κ3) is 4.64. The minimum Gasteiger partial charge on any atom is -0.489 e. The Bertz CT molecular complexity index is 917. The fraction of sp³-hybridized carbons (Fsp3) is 0.136. The predicted octanol–water partition coefficient (Wildman–Crippen LogP) is 5.76. The van der Waals surface area contributed by atoms with Crippen LogP contribution in [0.25, 0.3) is 0 Å². The second-order valence-corrected chi connectivity index (χ2v) is 6.51. The molecule has 3 aromatic carbocycles. The predicted molar refractivity (Wildman–Crippen MR) is 103 cm³/mol. The van der Waals surface area contributed by atoms with E-state index in [1.165, 1.54) is 0 Å². The van der Waals surface area contributed by atoms with Gasteiger partial charge in [0.25, 0.3) is 0 Å². The lowest BCUT2D eigenvalue weighted by atomic mass is 10.1. The van der Waals surface area contributed by atoms with E-state index >= 15 is 0 Å². The SMILES string of the molecule is Cc1cccc(OCc2ccc(C(=O)Oc3ccc(Cl)c(C)c3)cc2)c1. The van der Waals surface area contributed by atoms with Gasteiger partial charge in [-0.15, -0.1) is 0 Å². The van der Waals surface area contributed by atoms with Crippen LogP contribution >= 0.6 is 11.6 Å². The quantitative estimate of drug-likeness (QED) is 0.425. The maximum Gasteiger partial charge on any atom is 0.343 e. The third-order valence-electron chi connectivity index (χ3n) is 3.92. The maximum absolute atomic E-state index is 12.3. The van der Waals surface area contributed by atoms with E-state index < -0.39 is 5.97 Å². The highest BCUT2D eigenvalue weighted by molar-refractivity contribution is 6.31. The van der Waals surface area contributed by atoms with Crippen LogP contribution < -0.4 is 9.47 Å². The molecule has 132 valence electrons. The van der Waals surface area contributed by atoms with Gasteiger partial charge in [-0.05, 0) is 73.0 Å². The second kappa shape index (κ2) is 8.07. The molecule has 0 heterocycles. The molecule has 0 saturated heterocycles. The standard InChI is InChI=1S/C22H19ClO3/c1-15-4-3-5-19(12-15)25-14-17-6-8-18(9-7-17)22(24)26-20-10-11-21(23)16(2)13-20/h3-13H,14H2,1-2H3. The van der Waals surface area contributed by atoms with Gasteiger partial charge in [0.2, 0.25) is 0 Å². The zero-order valence-electron chi connectivity index (χ0n) is 14.7. The Kier molecular flexibility index (Phi) is 5.59. The molecule has 0 N–H and O–H groups in total. The molecule has 0 fully saturated rings. The first kappa shape index (κ1) is 18.0. The minimum atomic E-state index is -0.405. The van der Waals surface area contributed by atoms with Crippen LogP contribution in [0.3, 0.4) is 0 Å². The fourth-order valence-electron chi connectivity index (χ4n) is 2.46. The van der Waals surface area contributed by atoms with E-state index in [2.05, 4.69) is 0 Å². The van der Waals surface area contributed by atoms with Crippen molar-refractivity contribution in [2.75, 3.05) is 0 Å². The summed E-state index contributed by atoms with van der Waals surface area (Å²) >= 11 is 5.98. The van der Waals surface area contributed by atoms with Gasteiger partial charge in [-0.1, -0.05) is 35.9 Å². The molecule has 0 atom stereocenters. The lowest BCUT2D eigenvalue weighted by Crippen LogP contribution is -2.08. The van der Waals surface area contributed by atoms with Gasteiger partial charge in [0.1, 0.15) is 18.1 Å². The molecule has 0 bridgehead atoms. The Hall–Kier alpha value is -2.78. The third-order valence-corrected chi connectivity index (χ3v) is 4.35. The lowest BCUT2D eigenvalue weighted by molar-refractivity contribution is 0.0734. The van der Waals surface area contributed by atoms with Gasteiger partial charge in [0, 0.05) is 5.02 Å². The number of rotatable bonds is 5. The smallest absolute Gasteiger partial charge is 0.343 e. The van der Waals surface area contributed by atoms with Crippen molar-refractivity contribution in [2.45, 2.75) is 20.5 Å². The molecule has 3 aromatic rings. The molecule has 0 spiro atoms. The molecular formula is C22H19ClO3. The molecule has 3 nitrogen and oxygen atoms in total. The summed E-state index contributed by atoms with van der Waals surface area (Å²) in [5.74, 6) is 0.897. The fourth-order valence-corrected chi connectivity index (χ4v) is 2.57. The summed E-state index contributed by atoms with van der Waals surface area (Å²) in [5.41, 5.74) is 3.47. The van der Waals surface area contributed by atoms with Crippen LogP contribution in [0.15, 0.2) is 66.7 Å². The van der Waals surface area contributed by atoms with E-state index in [1.807, 2.05) is 50.2 Å². The van der Waals surface area contributed by atoms with Gasteiger partial charge in [0.05, 0.1) is 5.56 Å². The number of benzene rings is 3. The summed E-state index contributed by atoms with van der Waals surface area (Å²) in [5, 5.41) is 0.641. The largest absolute Gasteiger partial charge is 0.489 e. The molecule has 0 aliphatic carbocycles. The zero-order valence-corrected chi connectivity index (χ0v) is 15.4. The second-order valence-electron chi connectivity index (χ2n) is 6.10. The van der Waals surface area contributed by atoms with Crippen LogP contribution in [0.2, 0.25) is 5.02 Å². The van der Waals surface area contributed by atoms with Crippen molar-refractivity contribution >= 4 is 17.6 Å². The average molecular weight is 367 g/mol. The summed E-state index contributed by atoms with van der Waals surface area (Å²) < 4.78 is 11.2. The molecule has 0 aliphatic rings. The van der Waals surface area contributed by atoms with E-state index in [9.17, 15) is 4.79 Å². The Balaban J connectivity index is 1.61. The Morgan fingerprint density at radius 1 is 0.923 bits per heavy atom. The van der Waals surface area contributed by atoms with Crippen LogP contribution in [0, 0.1) is 13.8 Å². The van der Waals surface area contributed by atoms with E-state index in [1.54, 1.807) is 30.3 Å². The van der Waals surface area contributed by atoms with E-state index in [0.29, 0.717) is 22.9 Å². The van der Waals surface area contributed by atoms with Crippen LogP contribution in [0.1, 0.15) is 27.0 Å². The van der Waals surface area contributed by atoms with Crippen molar-refractivity contribution in [3.8, 4) is 11.5 Å². The number of carbonyl (C=O) groups is 1. The molecule has 3 rings (SSSR count). The first-order valence-electron chi connectivity index (χ1n) is 8.28. The number of hydrogen-bond donors (Lipinski definition) is 0. The van der Waals surface area contributed by atoms with Crippen molar-refractivity contribution in [2.24, 2.45) is 0 Å². The Labute approximate surface area is 158 Å². The van der Waals surface area contributed by atoms with Crippen molar-refractivity contribution < 1.29 is 14.3 Å². The van der Waals surface area contributed by atoms with Crippen molar-refractivity contribution in [3.63, 3.8) is 0 Å². The number of ether oxygens (including phenoxy) is 2. The molecule has 0 amide bonds. The van der Waals surface area contributed by atoms with E-state index in [4.69, 9.17) is 21.1 Å². The number of hydrogen-bond acceptors (Lipinski definition) is 3. The van der Waals surface area contributed by atoms with Crippen LogP contribution in [0.5, 0.6) is 11.5 Å². The average Bonchev–Trinajstić information content (AvgIpc) is 2.63. The van der Waals surface area contributed by atoms with E-state index in [0.717, 1.165) is 22.4 Å². The van der Waals surface area contributed by atoms with Gasteiger partial charge in [-0.2, -0.15) is 0 Å². The van der Waals surface area contributed by atoms with Crippen molar-refractivity contribution in [1.29, 1.82) is 0 Å². The Morgan fingerprint density at radius 3 is 2.38 bits per heavy atom. The summed E-state index contributed by atoms with van der Waals surface area (Å²) in [6, 6.07) is 20.2. The van der Waals surface area contributed by atoms with Crippen LogP contribution in [0.4, 0.5) is 0 Å². The van der Waals surface area contributed by atoms with Crippen molar-refractivity contribution in [3.05, 3.63) is 94.0 Å². The maximum atomic E-state index is 12.3. The summed E-state index contributed by atoms with van der Waals surface area (Å²) in [4.78, 5) is 12.3. The topological polar surface area (TPSA) is 35.5 Å². The highest BCUT2D eigenvalue weighted by Gasteiger charge is 2.09. The Morgan fingerprint density at radius 2 is 1.69 bits per heavy atom. The van der Waals surface area contributed by atoms with Gasteiger partial charge in [-0.3, -0.25) is 0 Å². The number of esters is 1. The molecular weight excluding hydrogens is 348 g/mol. The van der Waals surface area contributed by atoms with Crippen molar-refractivity contribution in [1.82, 2.24) is 0 Å². The first-order valence-corrected chi connectivity index (χ1v) is 8.66. The highest BCUT2D eigenvalue weighted by Crippen LogP contribution is 2.22. The number of carbonyl (C=O) groups excluding carboxylic acids is 1. The van der Waals surface area contributed by atoms with E-state index in [-0.39, 0.29) is 0 Å². The molecule has 0 radical (unpaired) electrons. The normalized spacial score (nSPS) is 10.4. The van der Waals surface area contributed by atoms with Crippen LogP contribution in [-0.2, 0) is 6.61 Å². The van der Waals surface area contributed by atoms with Gasteiger partial charge in [-0.25, -0.2) is 4.79 Å². The monoisotopic (exact) mass is 366 g/mol. The number of halogens is 1.